The van der Waals surface area contributed by atoms with Crippen LogP contribution in [0.3, 0.4) is 0 Å². The molecule has 0 saturated heterocycles. The Morgan fingerprint density at radius 1 is 1.06 bits per heavy atom. The third-order valence-corrected chi connectivity index (χ3v) is 6.57. The van der Waals surface area contributed by atoms with E-state index in [9.17, 15) is 9.59 Å². The van der Waals surface area contributed by atoms with Crippen molar-refractivity contribution in [2.75, 3.05) is 41.7 Å². The molecule has 0 spiro atoms. The zero-order chi connectivity index (χ0) is 23.4. The molecule has 174 valence electrons. The van der Waals surface area contributed by atoms with Gasteiger partial charge in [-0.05, 0) is 32.0 Å². The Labute approximate surface area is 191 Å². The minimum atomic E-state index is -0.648. The molecule has 0 radical (unpaired) electrons. The molecule has 3 heterocycles. The number of hydrogen-bond acceptors (Lipinski definition) is 9. The van der Waals surface area contributed by atoms with Crippen molar-refractivity contribution in [3.63, 3.8) is 0 Å². The normalized spacial score (nSPS) is 20.7. The first-order valence-corrected chi connectivity index (χ1v) is 10.6. The largest absolute Gasteiger partial charge is 0.493 e. The van der Waals surface area contributed by atoms with Gasteiger partial charge in [-0.1, -0.05) is 6.07 Å². The Balaban J connectivity index is 1.75. The summed E-state index contributed by atoms with van der Waals surface area (Å²) >= 11 is 0. The summed E-state index contributed by atoms with van der Waals surface area (Å²) in [6.45, 7) is 2.17. The van der Waals surface area contributed by atoms with E-state index in [1.165, 1.54) is 21.1 Å². The zero-order valence-electron chi connectivity index (χ0n) is 19.1. The SMILES string of the molecule is COc1ccc2c(c1OC)C(=O)O[C@@H]2[C@H]1c2c(c(C(C)=O)c3c(c2OC)OCO3)CCN1C. The van der Waals surface area contributed by atoms with Gasteiger partial charge in [0.15, 0.2) is 28.8 Å². The van der Waals surface area contributed by atoms with Gasteiger partial charge in [0.2, 0.25) is 12.5 Å². The summed E-state index contributed by atoms with van der Waals surface area (Å²) in [4.78, 5) is 27.8. The maximum Gasteiger partial charge on any atom is 0.343 e. The minimum absolute atomic E-state index is 0.00755. The molecule has 0 saturated carbocycles. The summed E-state index contributed by atoms with van der Waals surface area (Å²) in [6.07, 6.45) is -0.0330. The molecule has 5 rings (SSSR count). The third-order valence-electron chi connectivity index (χ3n) is 6.57. The van der Waals surface area contributed by atoms with E-state index in [1.807, 2.05) is 13.1 Å². The van der Waals surface area contributed by atoms with E-state index < -0.39 is 18.1 Å². The molecule has 2 aromatic rings. The lowest BCUT2D eigenvalue weighted by molar-refractivity contribution is 0.00866. The van der Waals surface area contributed by atoms with Crippen LogP contribution >= 0.6 is 0 Å². The summed E-state index contributed by atoms with van der Waals surface area (Å²) in [5.74, 6) is 1.49. The van der Waals surface area contributed by atoms with E-state index in [0.29, 0.717) is 58.4 Å². The first-order chi connectivity index (χ1) is 15.9. The molecule has 0 amide bonds. The van der Waals surface area contributed by atoms with Crippen molar-refractivity contribution in [2.24, 2.45) is 0 Å². The molecule has 0 aliphatic carbocycles. The number of ketones is 1. The molecule has 0 N–H and O–H groups in total. The molecule has 3 aliphatic rings. The van der Waals surface area contributed by atoms with Gasteiger partial charge in [-0.15, -0.1) is 0 Å². The van der Waals surface area contributed by atoms with E-state index in [0.717, 1.165) is 11.1 Å². The Hall–Kier alpha value is -3.46. The number of hydrogen-bond donors (Lipinski definition) is 0. The Kier molecular flexibility index (Phi) is 5.08. The van der Waals surface area contributed by atoms with Crippen molar-refractivity contribution in [2.45, 2.75) is 25.5 Å². The van der Waals surface area contributed by atoms with E-state index in [2.05, 4.69) is 4.90 Å². The van der Waals surface area contributed by atoms with Crippen molar-refractivity contribution < 1.29 is 38.0 Å². The van der Waals surface area contributed by atoms with Gasteiger partial charge in [0.25, 0.3) is 0 Å². The fraction of sp³-hybridized carbons (Fsp3) is 0.417. The van der Waals surface area contributed by atoms with Gasteiger partial charge in [0, 0.05) is 17.7 Å². The number of cyclic esters (lactones) is 1. The second-order valence-corrected chi connectivity index (χ2v) is 8.19. The second-order valence-electron chi connectivity index (χ2n) is 8.19. The van der Waals surface area contributed by atoms with E-state index in [1.54, 1.807) is 13.2 Å². The highest BCUT2D eigenvalue weighted by atomic mass is 16.7. The molecular formula is C24H25NO8. The quantitative estimate of drug-likeness (QED) is 0.498. The van der Waals surface area contributed by atoms with Crippen LogP contribution in [0.5, 0.6) is 28.7 Å². The first-order valence-electron chi connectivity index (χ1n) is 10.6. The minimum Gasteiger partial charge on any atom is -0.493 e. The van der Waals surface area contributed by atoms with Crippen LogP contribution in [0.25, 0.3) is 0 Å². The average molecular weight is 455 g/mol. The Morgan fingerprint density at radius 2 is 1.79 bits per heavy atom. The molecule has 9 heteroatoms. The Morgan fingerprint density at radius 3 is 2.45 bits per heavy atom. The summed E-state index contributed by atoms with van der Waals surface area (Å²) in [5.41, 5.74) is 3.12. The van der Waals surface area contributed by atoms with Crippen LogP contribution in [-0.2, 0) is 11.2 Å². The highest BCUT2D eigenvalue weighted by Crippen LogP contribution is 2.56. The smallest absolute Gasteiger partial charge is 0.343 e. The molecule has 0 bridgehead atoms. The van der Waals surface area contributed by atoms with Crippen LogP contribution in [0.4, 0.5) is 0 Å². The van der Waals surface area contributed by atoms with Gasteiger partial charge in [-0.25, -0.2) is 4.79 Å². The van der Waals surface area contributed by atoms with Crippen LogP contribution in [0.15, 0.2) is 12.1 Å². The lowest BCUT2D eigenvalue weighted by Crippen LogP contribution is -2.37. The molecular weight excluding hydrogens is 430 g/mol. The monoisotopic (exact) mass is 455 g/mol. The van der Waals surface area contributed by atoms with Gasteiger partial charge in [-0.3, -0.25) is 9.69 Å². The average Bonchev–Trinajstić information content (AvgIpc) is 3.41. The topological polar surface area (TPSA) is 92.8 Å². The fourth-order valence-electron chi connectivity index (χ4n) is 5.20. The van der Waals surface area contributed by atoms with Crippen LogP contribution < -0.4 is 23.7 Å². The van der Waals surface area contributed by atoms with Crippen LogP contribution in [-0.4, -0.2) is 58.4 Å². The molecule has 3 aliphatic heterocycles. The fourth-order valence-corrected chi connectivity index (χ4v) is 5.20. The predicted molar refractivity (Wildman–Crippen MR) is 116 cm³/mol. The van der Waals surface area contributed by atoms with Gasteiger partial charge >= 0.3 is 5.97 Å². The van der Waals surface area contributed by atoms with Crippen LogP contribution in [0, 0.1) is 0 Å². The van der Waals surface area contributed by atoms with E-state index in [-0.39, 0.29) is 12.6 Å². The number of likely N-dealkylation sites (N-methyl/N-ethyl adjacent to an activating group) is 1. The molecule has 0 aromatic heterocycles. The summed E-state index contributed by atoms with van der Waals surface area (Å²) in [7, 11) is 6.52. The molecule has 2 atom stereocenters. The van der Waals surface area contributed by atoms with Gasteiger partial charge in [0.05, 0.1) is 32.9 Å². The number of nitrogens with zero attached hydrogens (tertiary/aromatic N) is 1. The van der Waals surface area contributed by atoms with Gasteiger partial charge in [-0.2, -0.15) is 0 Å². The predicted octanol–water partition coefficient (Wildman–Crippen LogP) is 3.08. The van der Waals surface area contributed by atoms with Crippen LogP contribution in [0.2, 0.25) is 0 Å². The van der Waals surface area contributed by atoms with Crippen molar-refractivity contribution in [1.82, 2.24) is 4.90 Å². The number of carbonyl (C=O) groups excluding carboxylic acids is 2. The number of carbonyl (C=O) groups is 2. The lowest BCUT2D eigenvalue weighted by atomic mass is 9.82. The van der Waals surface area contributed by atoms with Crippen molar-refractivity contribution >= 4 is 11.8 Å². The molecule has 9 nitrogen and oxygen atoms in total. The van der Waals surface area contributed by atoms with E-state index >= 15 is 0 Å². The third kappa shape index (κ3) is 2.95. The number of methoxy groups -OCH3 is 3. The number of benzene rings is 2. The number of fused-ring (bicyclic) bond motifs is 3. The first kappa shape index (κ1) is 21.4. The maximum atomic E-state index is 13.0. The number of rotatable bonds is 5. The maximum absolute atomic E-state index is 13.0. The number of ether oxygens (including phenoxy) is 6. The zero-order valence-corrected chi connectivity index (χ0v) is 19.1. The molecule has 0 fully saturated rings. The summed E-state index contributed by atoms with van der Waals surface area (Å²) in [6, 6.07) is 3.16. The van der Waals surface area contributed by atoms with Gasteiger partial charge < -0.3 is 28.4 Å². The summed E-state index contributed by atoms with van der Waals surface area (Å²) in [5, 5.41) is 0. The van der Waals surface area contributed by atoms with E-state index in [4.69, 9.17) is 28.4 Å². The van der Waals surface area contributed by atoms with Crippen molar-refractivity contribution in [1.29, 1.82) is 0 Å². The Bertz CT molecular complexity index is 1170. The highest BCUT2D eigenvalue weighted by Gasteiger charge is 2.47. The molecule has 33 heavy (non-hydrogen) atoms. The molecule has 2 aromatic carbocycles. The van der Waals surface area contributed by atoms with Gasteiger partial charge in [0.1, 0.15) is 11.7 Å². The second kappa shape index (κ2) is 7.84. The van der Waals surface area contributed by atoms with Crippen molar-refractivity contribution in [3.05, 3.63) is 39.9 Å². The van der Waals surface area contributed by atoms with Crippen molar-refractivity contribution in [3.8, 4) is 28.7 Å². The standard InChI is InChI=1S/C24H25NO8/c1-11(26)15-12-8-9-25(2)18(16(12)21(30-5)23-22(15)31-10-32-23)19-13-6-7-14(28-3)20(29-4)17(13)24(27)33-19/h6-7,18-19H,8-10H2,1-5H3/t18-,19+/m1/s1. The lowest BCUT2D eigenvalue weighted by Gasteiger charge is -2.39. The van der Waals surface area contributed by atoms with Crippen LogP contribution in [0.1, 0.15) is 56.5 Å². The molecule has 0 unspecified atom stereocenters. The summed E-state index contributed by atoms with van der Waals surface area (Å²) < 4.78 is 34.0. The number of Topliss-reactive ketones (excluding diaryl/α,β-unsaturated/α-hetero) is 1. The number of esters is 1. The highest BCUT2D eigenvalue weighted by molar-refractivity contribution is 6.01.